The van der Waals surface area contributed by atoms with Gasteiger partial charge in [-0.1, -0.05) is 12.1 Å². The van der Waals surface area contributed by atoms with Gasteiger partial charge in [-0.05, 0) is 32.6 Å². The zero-order valence-electron chi connectivity index (χ0n) is 11.6. The van der Waals surface area contributed by atoms with Crippen LogP contribution >= 0.6 is 11.3 Å². The lowest BCUT2D eigenvalue weighted by atomic mass is 10.0. The fourth-order valence-corrected chi connectivity index (χ4v) is 3.59. The van der Waals surface area contributed by atoms with Crippen LogP contribution in [0.25, 0.3) is 11.3 Å². The highest BCUT2D eigenvalue weighted by atomic mass is 32.1. The summed E-state index contributed by atoms with van der Waals surface area (Å²) in [5.74, 6) is 1.61. The van der Waals surface area contributed by atoms with Crippen LogP contribution in [0.5, 0.6) is 0 Å². The Balaban J connectivity index is 1.87. The molecule has 2 aromatic rings. The highest BCUT2D eigenvalue weighted by Gasteiger charge is 2.21. The maximum atomic E-state index is 5.22. The Hall–Kier alpha value is -1.36. The first-order valence-corrected chi connectivity index (χ1v) is 7.67. The second-order valence-corrected chi connectivity index (χ2v) is 6.24. The van der Waals surface area contributed by atoms with Crippen molar-refractivity contribution < 1.29 is 4.52 Å². The van der Waals surface area contributed by atoms with Crippen molar-refractivity contribution in [1.29, 1.82) is 0 Å². The summed E-state index contributed by atoms with van der Waals surface area (Å²) in [4.78, 5) is 7.18. The zero-order chi connectivity index (χ0) is 13.4. The molecule has 2 aromatic heterocycles. The lowest BCUT2D eigenvalue weighted by Gasteiger charge is -2.30. The van der Waals surface area contributed by atoms with Crippen LogP contribution < -0.4 is 4.90 Å². The van der Waals surface area contributed by atoms with Crippen LogP contribution in [0.3, 0.4) is 0 Å². The third-order valence-electron chi connectivity index (χ3n) is 3.71. The number of hydrogen-bond donors (Lipinski definition) is 0. The highest BCUT2D eigenvalue weighted by Crippen LogP contribution is 2.33. The molecule has 0 aromatic carbocycles. The summed E-state index contributed by atoms with van der Waals surface area (Å²) in [6.45, 7) is 8.47. The molecule has 0 amide bonds. The SMILES string of the molecule is Cc1noc(C)c1-c1csc(N2CCC[C@@H](C)C2)n1. The average Bonchev–Trinajstić information content (AvgIpc) is 2.97. The van der Waals surface area contributed by atoms with E-state index < -0.39 is 0 Å². The Morgan fingerprint density at radius 3 is 2.95 bits per heavy atom. The second kappa shape index (κ2) is 4.96. The van der Waals surface area contributed by atoms with Crippen molar-refractivity contribution in [2.24, 2.45) is 5.92 Å². The number of piperidine rings is 1. The van der Waals surface area contributed by atoms with Crippen LogP contribution in [0.15, 0.2) is 9.90 Å². The van der Waals surface area contributed by atoms with Gasteiger partial charge in [-0.25, -0.2) is 4.98 Å². The summed E-state index contributed by atoms with van der Waals surface area (Å²) in [5.41, 5.74) is 2.96. The van der Waals surface area contributed by atoms with E-state index in [1.165, 1.54) is 12.8 Å². The van der Waals surface area contributed by atoms with Crippen LogP contribution in [-0.2, 0) is 0 Å². The minimum Gasteiger partial charge on any atom is -0.361 e. The first kappa shape index (κ1) is 12.7. The molecule has 1 fully saturated rings. The largest absolute Gasteiger partial charge is 0.361 e. The summed E-state index contributed by atoms with van der Waals surface area (Å²) in [6, 6.07) is 0. The van der Waals surface area contributed by atoms with Gasteiger partial charge < -0.3 is 9.42 Å². The van der Waals surface area contributed by atoms with Gasteiger partial charge in [-0.2, -0.15) is 0 Å². The topological polar surface area (TPSA) is 42.2 Å². The molecule has 5 heteroatoms. The van der Waals surface area contributed by atoms with Gasteiger partial charge in [0.2, 0.25) is 0 Å². The molecular formula is C14H19N3OS. The Kier molecular flexibility index (Phi) is 3.31. The minimum absolute atomic E-state index is 0.764. The number of rotatable bonds is 2. The Bertz CT molecular complexity index is 556. The molecule has 3 heterocycles. The van der Waals surface area contributed by atoms with Crippen molar-refractivity contribution in [3.63, 3.8) is 0 Å². The van der Waals surface area contributed by atoms with Gasteiger partial charge in [0.15, 0.2) is 5.13 Å². The van der Waals surface area contributed by atoms with Crippen molar-refractivity contribution in [3.05, 3.63) is 16.8 Å². The normalized spacial score (nSPS) is 19.9. The van der Waals surface area contributed by atoms with Gasteiger partial charge in [0, 0.05) is 18.5 Å². The zero-order valence-corrected chi connectivity index (χ0v) is 12.5. The molecule has 3 rings (SSSR count). The van der Waals surface area contributed by atoms with E-state index in [4.69, 9.17) is 9.51 Å². The monoisotopic (exact) mass is 277 g/mol. The Labute approximate surface area is 117 Å². The fraction of sp³-hybridized carbons (Fsp3) is 0.571. The fourth-order valence-electron chi connectivity index (χ4n) is 2.74. The van der Waals surface area contributed by atoms with Crippen LogP contribution in [-0.4, -0.2) is 23.2 Å². The molecule has 1 aliphatic rings. The number of anilines is 1. The molecule has 1 aliphatic heterocycles. The van der Waals surface area contributed by atoms with Gasteiger partial charge in [0.25, 0.3) is 0 Å². The maximum absolute atomic E-state index is 5.22. The first-order chi connectivity index (χ1) is 9.15. The highest BCUT2D eigenvalue weighted by molar-refractivity contribution is 7.14. The number of aromatic nitrogens is 2. The van der Waals surface area contributed by atoms with Crippen LogP contribution in [0.1, 0.15) is 31.2 Å². The van der Waals surface area contributed by atoms with E-state index in [1.54, 1.807) is 11.3 Å². The molecule has 0 saturated carbocycles. The van der Waals surface area contributed by atoms with Crippen molar-refractivity contribution in [2.45, 2.75) is 33.6 Å². The minimum atomic E-state index is 0.764. The van der Waals surface area contributed by atoms with Crippen molar-refractivity contribution in [2.75, 3.05) is 18.0 Å². The lowest BCUT2D eigenvalue weighted by molar-refractivity contribution is 0.393. The van der Waals surface area contributed by atoms with E-state index in [9.17, 15) is 0 Å². The molecule has 0 N–H and O–H groups in total. The number of hydrogen-bond acceptors (Lipinski definition) is 5. The van der Waals surface area contributed by atoms with Gasteiger partial charge in [0.1, 0.15) is 5.76 Å². The summed E-state index contributed by atoms with van der Waals surface area (Å²) in [7, 11) is 0. The molecule has 0 unspecified atom stereocenters. The lowest BCUT2D eigenvalue weighted by Crippen LogP contribution is -2.34. The average molecular weight is 277 g/mol. The van der Waals surface area contributed by atoms with Gasteiger partial charge in [-0.3, -0.25) is 0 Å². The molecule has 0 radical (unpaired) electrons. The molecule has 0 spiro atoms. The van der Waals surface area contributed by atoms with E-state index in [2.05, 4.69) is 22.4 Å². The van der Waals surface area contributed by atoms with Crippen LogP contribution in [0.2, 0.25) is 0 Å². The Morgan fingerprint density at radius 2 is 2.26 bits per heavy atom. The molecule has 1 atom stereocenters. The van der Waals surface area contributed by atoms with E-state index in [1.807, 2.05) is 13.8 Å². The standard InChI is InChI=1S/C14H19N3OS/c1-9-5-4-6-17(7-9)14-15-12(8-19-14)13-10(2)16-18-11(13)3/h8-9H,4-7H2,1-3H3/t9-/m1/s1. The second-order valence-electron chi connectivity index (χ2n) is 5.41. The molecule has 1 saturated heterocycles. The number of nitrogens with zero attached hydrogens (tertiary/aromatic N) is 3. The molecule has 4 nitrogen and oxygen atoms in total. The molecular weight excluding hydrogens is 258 g/mol. The van der Waals surface area contributed by atoms with E-state index >= 15 is 0 Å². The summed E-state index contributed by atoms with van der Waals surface area (Å²) in [5, 5.41) is 7.24. The van der Waals surface area contributed by atoms with Crippen LogP contribution in [0, 0.1) is 19.8 Å². The van der Waals surface area contributed by atoms with Gasteiger partial charge >= 0.3 is 0 Å². The predicted molar refractivity (Wildman–Crippen MR) is 77.7 cm³/mol. The molecule has 102 valence electrons. The summed E-state index contributed by atoms with van der Waals surface area (Å²) < 4.78 is 5.22. The van der Waals surface area contributed by atoms with E-state index in [0.29, 0.717) is 0 Å². The molecule has 0 bridgehead atoms. The van der Waals surface area contributed by atoms with E-state index in [-0.39, 0.29) is 0 Å². The predicted octanol–water partition coefficient (Wildman–Crippen LogP) is 3.65. The smallest absolute Gasteiger partial charge is 0.185 e. The van der Waals surface area contributed by atoms with Gasteiger partial charge in [-0.15, -0.1) is 11.3 Å². The van der Waals surface area contributed by atoms with Crippen molar-refractivity contribution in [3.8, 4) is 11.3 Å². The number of aryl methyl sites for hydroxylation is 2. The van der Waals surface area contributed by atoms with Crippen LogP contribution in [0.4, 0.5) is 5.13 Å². The Morgan fingerprint density at radius 1 is 1.42 bits per heavy atom. The van der Waals surface area contributed by atoms with Gasteiger partial charge in [0.05, 0.1) is 17.0 Å². The van der Waals surface area contributed by atoms with Crippen molar-refractivity contribution in [1.82, 2.24) is 10.1 Å². The number of thiazole rings is 1. The molecule has 19 heavy (non-hydrogen) atoms. The maximum Gasteiger partial charge on any atom is 0.185 e. The first-order valence-electron chi connectivity index (χ1n) is 6.79. The summed E-state index contributed by atoms with van der Waals surface area (Å²) >= 11 is 1.72. The van der Waals surface area contributed by atoms with E-state index in [0.717, 1.165) is 46.9 Å². The third kappa shape index (κ3) is 2.39. The quantitative estimate of drug-likeness (QED) is 0.840. The molecule has 0 aliphatic carbocycles. The van der Waals surface area contributed by atoms with Crippen molar-refractivity contribution >= 4 is 16.5 Å². The summed E-state index contributed by atoms with van der Waals surface area (Å²) in [6.07, 6.45) is 2.60. The third-order valence-corrected chi connectivity index (χ3v) is 4.61.